The zero-order valence-electron chi connectivity index (χ0n) is 16.2. The minimum absolute atomic E-state index is 0. The molecule has 2 N–H and O–H groups in total. The lowest BCUT2D eigenvalue weighted by Crippen LogP contribution is -2.28. The van der Waals surface area contributed by atoms with Crippen LogP contribution in [0.2, 0.25) is 0 Å². The first-order valence-electron chi connectivity index (χ1n) is 9.20. The predicted octanol–water partition coefficient (Wildman–Crippen LogP) is 3.43. The summed E-state index contributed by atoms with van der Waals surface area (Å²) in [6.45, 7) is 2.24. The molecule has 0 saturated heterocycles. The number of aromatic nitrogens is 1. The highest BCUT2D eigenvalue weighted by Gasteiger charge is 2.23. The van der Waals surface area contributed by atoms with Crippen molar-refractivity contribution < 1.29 is 9.18 Å². The van der Waals surface area contributed by atoms with E-state index in [0.29, 0.717) is 11.9 Å². The fraction of sp³-hybridized carbons (Fsp3) is 0.182. The number of H-pyrrole nitrogens is 1. The van der Waals surface area contributed by atoms with E-state index in [9.17, 15) is 14.0 Å². The minimum atomic E-state index is -0.525. The van der Waals surface area contributed by atoms with Crippen molar-refractivity contribution >= 4 is 41.6 Å². The molecule has 4 rings (SSSR count). The Morgan fingerprint density at radius 1 is 1.10 bits per heavy atom. The van der Waals surface area contributed by atoms with E-state index in [0.717, 1.165) is 17.2 Å². The molecule has 0 radical (unpaired) electrons. The Morgan fingerprint density at radius 2 is 1.77 bits per heavy atom. The summed E-state index contributed by atoms with van der Waals surface area (Å²) in [6, 6.07) is 11.6. The number of pyridine rings is 1. The fourth-order valence-electron chi connectivity index (χ4n) is 3.31. The molecule has 0 aliphatic carbocycles. The number of nitrogens with one attached hydrogen (secondary N) is 2. The Morgan fingerprint density at radius 3 is 2.47 bits per heavy atom. The third kappa shape index (κ3) is 4.46. The summed E-state index contributed by atoms with van der Waals surface area (Å²) >= 11 is 0. The van der Waals surface area contributed by atoms with E-state index < -0.39 is 22.8 Å². The SMILES string of the molecule is CC1(Cc2ccc(CNC(=O)c3c[nH]c4ccc(F)cc4c3=O)cc2)N=CC=N1.Cl. The van der Waals surface area contributed by atoms with Gasteiger partial charge in [0.15, 0.2) is 5.66 Å². The number of benzene rings is 2. The van der Waals surface area contributed by atoms with Gasteiger partial charge in [-0.15, -0.1) is 12.4 Å². The molecule has 3 aromatic rings. The van der Waals surface area contributed by atoms with Gasteiger partial charge in [0.1, 0.15) is 11.4 Å². The summed E-state index contributed by atoms with van der Waals surface area (Å²) in [7, 11) is 0. The highest BCUT2D eigenvalue weighted by molar-refractivity contribution is 6.17. The molecule has 0 atom stereocenters. The van der Waals surface area contributed by atoms with Crippen molar-refractivity contribution in [2.45, 2.75) is 25.6 Å². The molecule has 2 aromatic carbocycles. The third-order valence-electron chi connectivity index (χ3n) is 4.87. The van der Waals surface area contributed by atoms with Gasteiger partial charge in [-0.05, 0) is 36.2 Å². The maximum atomic E-state index is 13.4. The molecular weight excluding hydrogens is 407 g/mol. The second-order valence-electron chi connectivity index (χ2n) is 7.17. The second kappa shape index (κ2) is 8.59. The van der Waals surface area contributed by atoms with Gasteiger partial charge in [0.2, 0.25) is 5.43 Å². The quantitative estimate of drug-likeness (QED) is 0.654. The summed E-state index contributed by atoms with van der Waals surface area (Å²) in [5.74, 6) is -1.04. The molecule has 2 heterocycles. The number of carbonyl (C=O) groups excluding carboxylic acids is 1. The van der Waals surface area contributed by atoms with Gasteiger partial charge in [0.25, 0.3) is 5.91 Å². The number of aliphatic imine (C=N–C) groups is 2. The van der Waals surface area contributed by atoms with Crippen LogP contribution in [0.3, 0.4) is 0 Å². The Hall–Kier alpha value is -3.32. The van der Waals surface area contributed by atoms with Gasteiger partial charge in [0, 0.05) is 42.5 Å². The highest BCUT2D eigenvalue weighted by Crippen LogP contribution is 2.21. The van der Waals surface area contributed by atoms with Crippen molar-refractivity contribution in [3.63, 3.8) is 0 Å². The van der Waals surface area contributed by atoms with Crippen LogP contribution in [0.4, 0.5) is 4.39 Å². The number of nitrogens with zero attached hydrogens (tertiary/aromatic N) is 2. The summed E-state index contributed by atoms with van der Waals surface area (Å²) in [4.78, 5) is 36.5. The Kier molecular flexibility index (Phi) is 6.12. The van der Waals surface area contributed by atoms with Crippen molar-refractivity contribution in [3.8, 4) is 0 Å². The molecular formula is C22H20ClFN4O2. The first-order chi connectivity index (χ1) is 13.9. The van der Waals surface area contributed by atoms with Gasteiger partial charge >= 0.3 is 0 Å². The molecule has 1 aliphatic rings. The number of carbonyl (C=O) groups is 1. The smallest absolute Gasteiger partial charge is 0.257 e. The highest BCUT2D eigenvalue weighted by atomic mass is 35.5. The molecule has 154 valence electrons. The van der Waals surface area contributed by atoms with E-state index in [1.165, 1.54) is 18.3 Å². The van der Waals surface area contributed by atoms with Crippen LogP contribution in [0.15, 0.2) is 63.4 Å². The fourth-order valence-corrected chi connectivity index (χ4v) is 3.31. The number of hydrogen-bond donors (Lipinski definition) is 2. The van der Waals surface area contributed by atoms with Crippen LogP contribution in [0.1, 0.15) is 28.4 Å². The van der Waals surface area contributed by atoms with Crippen LogP contribution >= 0.6 is 12.4 Å². The molecule has 1 aromatic heterocycles. The number of rotatable bonds is 5. The molecule has 1 aliphatic heterocycles. The molecule has 0 fully saturated rings. The topological polar surface area (TPSA) is 86.7 Å². The summed E-state index contributed by atoms with van der Waals surface area (Å²) in [5, 5.41) is 2.88. The second-order valence-corrected chi connectivity index (χ2v) is 7.17. The van der Waals surface area contributed by atoms with E-state index in [1.807, 2.05) is 31.2 Å². The Bertz CT molecular complexity index is 1190. The summed E-state index contributed by atoms with van der Waals surface area (Å²) in [6.07, 6.45) is 5.44. The monoisotopic (exact) mass is 426 g/mol. The van der Waals surface area contributed by atoms with Crippen molar-refractivity contribution in [2.75, 3.05) is 0 Å². The number of halogens is 2. The van der Waals surface area contributed by atoms with Crippen molar-refractivity contribution in [1.82, 2.24) is 10.3 Å². The average molecular weight is 427 g/mol. The van der Waals surface area contributed by atoms with E-state index >= 15 is 0 Å². The Labute approximate surface area is 178 Å². The third-order valence-corrected chi connectivity index (χ3v) is 4.87. The predicted molar refractivity (Wildman–Crippen MR) is 118 cm³/mol. The van der Waals surface area contributed by atoms with E-state index in [-0.39, 0.29) is 29.9 Å². The largest absolute Gasteiger partial charge is 0.360 e. The zero-order chi connectivity index (χ0) is 20.4. The first-order valence-corrected chi connectivity index (χ1v) is 9.20. The molecule has 0 saturated carbocycles. The average Bonchev–Trinajstić information content (AvgIpc) is 3.14. The maximum Gasteiger partial charge on any atom is 0.257 e. The molecule has 0 bridgehead atoms. The lowest BCUT2D eigenvalue weighted by atomic mass is 10.0. The molecule has 0 spiro atoms. The van der Waals surface area contributed by atoms with Crippen LogP contribution in [0, 0.1) is 5.82 Å². The van der Waals surface area contributed by atoms with Gasteiger partial charge in [-0.1, -0.05) is 24.3 Å². The number of hydrogen-bond acceptors (Lipinski definition) is 4. The van der Waals surface area contributed by atoms with Crippen LogP contribution in [0.25, 0.3) is 10.9 Å². The van der Waals surface area contributed by atoms with Crippen molar-refractivity contribution in [1.29, 1.82) is 0 Å². The van der Waals surface area contributed by atoms with Crippen LogP contribution in [-0.4, -0.2) is 29.0 Å². The maximum absolute atomic E-state index is 13.4. The molecule has 30 heavy (non-hydrogen) atoms. The summed E-state index contributed by atoms with van der Waals surface area (Å²) in [5.41, 5.74) is 1.46. The van der Waals surface area contributed by atoms with Crippen LogP contribution in [-0.2, 0) is 13.0 Å². The van der Waals surface area contributed by atoms with Crippen LogP contribution in [0.5, 0.6) is 0 Å². The van der Waals surface area contributed by atoms with E-state index in [4.69, 9.17) is 0 Å². The van der Waals surface area contributed by atoms with Gasteiger partial charge in [-0.2, -0.15) is 0 Å². The van der Waals surface area contributed by atoms with E-state index in [2.05, 4.69) is 20.3 Å². The summed E-state index contributed by atoms with van der Waals surface area (Å²) < 4.78 is 13.4. The Balaban J connectivity index is 0.00000256. The van der Waals surface area contributed by atoms with Gasteiger partial charge in [0.05, 0.1) is 0 Å². The normalized spacial score (nSPS) is 13.9. The molecule has 1 amide bonds. The zero-order valence-corrected chi connectivity index (χ0v) is 17.0. The molecule has 6 nitrogen and oxygen atoms in total. The number of amides is 1. The van der Waals surface area contributed by atoms with E-state index in [1.54, 1.807) is 12.4 Å². The molecule has 8 heteroatoms. The van der Waals surface area contributed by atoms with Gasteiger partial charge < -0.3 is 10.3 Å². The van der Waals surface area contributed by atoms with Gasteiger partial charge in [-0.25, -0.2) is 4.39 Å². The molecule has 0 unspecified atom stereocenters. The lowest BCUT2D eigenvalue weighted by Gasteiger charge is -2.17. The van der Waals surface area contributed by atoms with Crippen LogP contribution < -0.4 is 10.7 Å². The minimum Gasteiger partial charge on any atom is -0.360 e. The number of aromatic amines is 1. The van der Waals surface area contributed by atoms with Crippen molar-refractivity contribution in [3.05, 3.63) is 81.4 Å². The standard InChI is InChI=1S/C22H19FN4O2.ClH/c1-22(26-8-9-27-22)11-14-2-4-15(5-3-14)12-25-21(29)18-13-24-19-7-6-16(23)10-17(19)20(18)28;/h2-10,13H,11-12H2,1H3,(H,24,28)(H,25,29);1H. The lowest BCUT2D eigenvalue weighted by molar-refractivity contribution is 0.0949. The number of fused-ring (bicyclic) bond motifs is 1. The first kappa shape index (κ1) is 21.4. The van der Waals surface area contributed by atoms with Gasteiger partial charge in [-0.3, -0.25) is 19.6 Å². The van der Waals surface area contributed by atoms with Crippen molar-refractivity contribution in [2.24, 2.45) is 9.98 Å².